The number of anilines is 1. The average molecular weight is 274 g/mol. The molecule has 5 heteroatoms. The van der Waals surface area contributed by atoms with E-state index in [-0.39, 0.29) is 5.91 Å². The minimum Gasteiger partial charge on any atom is -0.495 e. The lowest BCUT2D eigenvalue weighted by molar-refractivity contribution is 0.0985. The Morgan fingerprint density at radius 3 is 2.80 bits per heavy atom. The van der Waals surface area contributed by atoms with Crippen LogP contribution in [0.15, 0.2) is 47.3 Å². The number of hydrogen-bond donors (Lipinski definition) is 1. The van der Waals surface area contributed by atoms with Gasteiger partial charge in [0, 0.05) is 6.54 Å². The zero-order valence-electron chi connectivity index (χ0n) is 11.4. The molecule has 20 heavy (non-hydrogen) atoms. The van der Waals surface area contributed by atoms with Gasteiger partial charge >= 0.3 is 0 Å². The monoisotopic (exact) mass is 274 g/mol. The van der Waals surface area contributed by atoms with Crippen LogP contribution in [0.1, 0.15) is 16.8 Å². The maximum Gasteiger partial charge on any atom is 0.261 e. The third kappa shape index (κ3) is 3.00. The van der Waals surface area contributed by atoms with E-state index in [0.29, 0.717) is 30.8 Å². The number of benzene rings is 1. The molecule has 0 bridgehead atoms. The van der Waals surface area contributed by atoms with Crippen molar-refractivity contribution in [2.45, 2.75) is 6.42 Å². The number of para-hydroxylation sites is 2. The fraction of sp³-hybridized carbons (Fsp3) is 0.267. The van der Waals surface area contributed by atoms with Crippen molar-refractivity contribution in [3.8, 4) is 5.75 Å². The summed E-state index contributed by atoms with van der Waals surface area (Å²) in [7, 11) is 1.59. The Kier molecular flexibility index (Phi) is 4.79. The molecule has 1 amide bonds. The van der Waals surface area contributed by atoms with E-state index < -0.39 is 0 Å². The third-order valence-corrected chi connectivity index (χ3v) is 2.98. The van der Waals surface area contributed by atoms with E-state index in [1.807, 2.05) is 24.3 Å². The van der Waals surface area contributed by atoms with Crippen molar-refractivity contribution in [1.82, 2.24) is 0 Å². The highest BCUT2D eigenvalue weighted by atomic mass is 16.5. The number of hydrogen-bond acceptors (Lipinski definition) is 4. The molecule has 0 aliphatic heterocycles. The van der Waals surface area contributed by atoms with Crippen molar-refractivity contribution in [3.63, 3.8) is 0 Å². The first-order valence-corrected chi connectivity index (χ1v) is 6.45. The molecule has 0 saturated heterocycles. The first kappa shape index (κ1) is 14.1. The van der Waals surface area contributed by atoms with Crippen molar-refractivity contribution < 1.29 is 13.9 Å². The van der Waals surface area contributed by atoms with Crippen LogP contribution in [0, 0.1) is 0 Å². The van der Waals surface area contributed by atoms with Crippen LogP contribution in [0.25, 0.3) is 0 Å². The normalized spacial score (nSPS) is 10.3. The SMILES string of the molecule is COc1ccccc1N(CCCN)C(=O)c1ccoc1. The average Bonchev–Trinajstić information content (AvgIpc) is 3.02. The maximum absolute atomic E-state index is 12.5. The summed E-state index contributed by atoms with van der Waals surface area (Å²) in [6.45, 7) is 1.05. The molecule has 0 radical (unpaired) electrons. The third-order valence-electron chi connectivity index (χ3n) is 2.98. The molecule has 5 nitrogen and oxygen atoms in total. The number of furan rings is 1. The Bertz CT molecular complexity index is 552. The first-order chi connectivity index (χ1) is 9.77. The predicted octanol–water partition coefficient (Wildman–Crippen LogP) is 2.28. The molecule has 0 atom stereocenters. The van der Waals surface area contributed by atoms with Gasteiger partial charge in [-0.1, -0.05) is 12.1 Å². The van der Waals surface area contributed by atoms with Gasteiger partial charge in [-0.3, -0.25) is 4.79 Å². The van der Waals surface area contributed by atoms with Crippen LogP contribution in [0.2, 0.25) is 0 Å². The van der Waals surface area contributed by atoms with Crippen molar-refractivity contribution in [1.29, 1.82) is 0 Å². The van der Waals surface area contributed by atoms with Crippen LogP contribution in [0.5, 0.6) is 5.75 Å². The molecule has 0 aliphatic rings. The molecule has 0 aliphatic carbocycles. The lowest BCUT2D eigenvalue weighted by atomic mass is 10.2. The zero-order chi connectivity index (χ0) is 14.4. The Hall–Kier alpha value is -2.27. The van der Waals surface area contributed by atoms with Crippen molar-refractivity contribution >= 4 is 11.6 Å². The van der Waals surface area contributed by atoms with Crippen LogP contribution >= 0.6 is 0 Å². The molecular formula is C15H18N2O3. The fourth-order valence-corrected chi connectivity index (χ4v) is 1.98. The van der Waals surface area contributed by atoms with Gasteiger partial charge in [0.2, 0.25) is 0 Å². The molecule has 0 fully saturated rings. The topological polar surface area (TPSA) is 68.7 Å². The molecule has 1 aromatic carbocycles. The van der Waals surface area contributed by atoms with E-state index in [4.69, 9.17) is 14.9 Å². The highest BCUT2D eigenvalue weighted by Crippen LogP contribution is 2.29. The standard InChI is InChI=1S/C15H18N2O3/c1-19-14-6-3-2-5-13(14)17(9-4-8-16)15(18)12-7-10-20-11-12/h2-3,5-7,10-11H,4,8-9,16H2,1H3. The second-order valence-corrected chi connectivity index (χ2v) is 4.28. The van der Waals surface area contributed by atoms with Gasteiger partial charge in [0.05, 0.1) is 24.6 Å². The Labute approximate surface area is 117 Å². The van der Waals surface area contributed by atoms with Crippen molar-refractivity contribution in [2.75, 3.05) is 25.1 Å². The molecule has 1 heterocycles. The first-order valence-electron chi connectivity index (χ1n) is 6.45. The maximum atomic E-state index is 12.5. The molecule has 2 aromatic rings. The highest BCUT2D eigenvalue weighted by molar-refractivity contribution is 6.06. The molecule has 2 N–H and O–H groups in total. The summed E-state index contributed by atoms with van der Waals surface area (Å²) in [5, 5.41) is 0. The largest absolute Gasteiger partial charge is 0.495 e. The summed E-state index contributed by atoms with van der Waals surface area (Å²) < 4.78 is 10.3. The Balaban J connectivity index is 2.34. The lowest BCUT2D eigenvalue weighted by Gasteiger charge is -2.24. The fourth-order valence-electron chi connectivity index (χ4n) is 1.98. The molecule has 0 spiro atoms. The smallest absolute Gasteiger partial charge is 0.261 e. The number of carbonyl (C=O) groups excluding carboxylic acids is 1. The number of nitrogens with two attached hydrogens (primary N) is 1. The molecule has 0 unspecified atom stereocenters. The Morgan fingerprint density at radius 2 is 2.15 bits per heavy atom. The number of nitrogens with zero attached hydrogens (tertiary/aromatic N) is 1. The summed E-state index contributed by atoms with van der Waals surface area (Å²) in [5.74, 6) is 0.526. The van der Waals surface area contributed by atoms with Gasteiger partial charge in [0.25, 0.3) is 5.91 Å². The summed E-state index contributed by atoms with van der Waals surface area (Å²) in [4.78, 5) is 14.2. The van der Waals surface area contributed by atoms with E-state index in [9.17, 15) is 4.79 Å². The predicted molar refractivity (Wildman–Crippen MR) is 77.0 cm³/mol. The van der Waals surface area contributed by atoms with E-state index in [2.05, 4.69) is 0 Å². The summed E-state index contributed by atoms with van der Waals surface area (Å²) in [6.07, 6.45) is 3.63. The van der Waals surface area contributed by atoms with Crippen LogP contribution in [-0.4, -0.2) is 26.1 Å². The van der Waals surface area contributed by atoms with E-state index >= 15 is 0 Å². The zero-order valence-corrected chi connectivity index (χ0v) is 11.4. The number of carbonyl (C=O) groups is 1. The molecule has 0 saturated carbocycles. The Morgan fingerprint density at radius 1 is 1.35 bits per heavy atom. The molecule has 1 aromatic heterocycles. The van der Waals surface area contributed by atoms with Gasteiger partial charge < -0.3 is 19.8 Å². The van der Waals surface area contributed by atoms with Crippen LogP contribution in [0.3, 0.4) is 0 Å². The quantitative estimate of drug-likeness (QED) is 0.877. The van der Waals surface area contributed by atoms with E-state index in [0.717, 1.165) is 5.69 Å². The number of rotatable bonds is 6. The van der Waals surface area contributed by atoms with Crippen molar-refractivity contribution in [2.24, 2.45) is 5.73 Å². The number of amides is 1. The van der Waals surface area contributed by atoms with Crippen LogP contribution < -0.4 is 15.4 Å². The van der Waals surface area contributed by atoms with E-state index in [1.54, 1.807) is 18.1 Å². The number of ether oxygens (including phenoxy) is 1. The van der Waals surface area contributed by atoms with Gasteiger partial charge in [0.1, 0.15) is 12.0 Å². The summed E-state index contributed by atoms with van der Waals surface area (Å²) >= 11 is 0. The molecule has 2 rings (SSSR count). The van der Waals surface area contributed by atoms with E-state index in [1.165, 1.54) is 12.5 Å². The summed E-state index contributed by atoms with van der Waals surface area (Å²) in [5.41, 5.74) is 6.80. The second-order valence-electron chi connectivity index (χ2n) is 4.28. The van der Waals surface area contributed by atoms with Crippen molar-refractivity contribution in [3.05, 3.63) is 48.4 Å². The highest BCUT2D eigenvalue weighted by Gasteiger charge is 2.20. The minimum absolute atomic E-state index is 0.128. The van der Waals surface area contributed by atoms with Gasteiger partial charge in [-0.15, -0.1) is 0 Å². The number of methoxy groups -OCH3 is 1. The lowest BCUT2D eigenvalue weighted by Crippen LogP contribution is -2.33. The summed E-state index contributed by atoms with van der Waals surface area (Å²) in [6, 6.07) is 9.07. The van der Waals surface area contributed by atoms with Crippen LogP contribution in [0.4, 0.5) is 5.69 Å². The van der Waals surface area contributed by atoms with Gasteiger partial charge in [-0.05, 0) is 31.2 Å². The molecular weight excluding hydrogens is 256 g/mol. The minimum atomic E-state index is -0.128. The second kappa shape index (κ2) is 6.77. The van der Waals surface area contributed by atoms with Gasteiger partial charge in [-0.25, -0.2) is 0 Å². The van der Waals surface area contributed by atoms with Gasteiger partial charge in [0.15, 0.2) is 0 Å². The molecule has 106 valence electrons. The van der Waals surface area contributed by atoms with Crippen LogP contribution in [-0.2, 0) is 0 Å². The van der Waals surface area contributed by atoms with Gasteiger partial charge in [-0.2, -0.15) is 0 Å².